The Bertz CT molecular complexity index is 382. The van der Waals surface area contributed by atoms with Crippen LogP contribution in [0.25, 0.3) is 0 Å². The van der Waals surface area contributed by atoms with Gasteiger partial charge in [-0.15, -0.1) is 0 Å². The molecule has 31 heavy (non-hydrogen) atoms. The number of rotatable bonds is 24. The molecule has 5 heteroatoms. The van der Waals surface area contributed by atoms with Gasteiger partial charge in [0.1, 0.15) is 6.61 Å². The normalized spacial score (nSPS) is 11.7. The zero-order valence-electron chi connectivity index (χ0n) is 20.4. The maximum Gasteiger partial charge on any atom is 0.305 e. The molecule has 0 aliphatic heterocycles. The summed E-state index contributed by atoms with van der Waals surface area (Å²) in [5.74, 6) is -0.230. The molecule has 0 bridgehead atoms. The van der Waals surface area contributed by atoms with E-state index < -0.39 is 5.41 Å². The van der Waals surface area contributed by atoms with Gasteiger partial charge in [0.2, 0.25) is 0 Å². The molecular formula is C26H52O5. The second-order valence-electron chi connectivity index (χ2n) is 9.63. The third-order valence-electron chi connectivity index (χ3n) is 6.13. The number of hydrogen-bond donors (Lipinski definition) is 3. The molecule has 0 spiro atoms. The lowest BCUT2D eigenvalue weighted by Gasteiger charge is -2.23. The summed E-state index contributed by atoms with van der Waals surface area (Å²) in [6.45, 7) is 1.74. The van der Waals surface area contributed by atoms with Crippen molar-refractivity contribution in [2.24, 2.45) is 5.41 Å². The highest BCUT2D eigenvalue weighted by molar-refractivity contribution is 5.69. The van der Waals surface area contributed by atoms with E-state index in [0.717, 1.165) is 19.3 Å². The lowest BCUT2D eigenvalue weighted by Crippen LogP contribution is -2.32. The van der Waals surface area contributed by atoms with E-state index in [4.69, 9.17) is 9.84 Å². The summed E-state index contributed by atoms with van der Waals surface area (Å²) in [6.07, 6.45) is 23.2. The Kier molecular flexibility index (Phi) is 22.1. The number of carbonyl (C=O) groups is 1. The smallest absolute Gasteiger partial charge is 0.305 e. The number of aliphatic hydroxyl groups excluding tert-OH is 3. The van der Waals surface area contributed by atoms with Crippen LogP contribution < -0.4 is 0 Å². The van der Waals surface area contributed by atoms with Crippen LogP contribution in [0.1, 0.15) is 129 Å². The van der Waals surface area contributed by atoms with Crippen LogP contribution in [-0.4, -0.2) is 47.7 Å². The molecule has 0 aliphatic rings. The van der Waals surface area contributed by atoms with Crippen LogP contribution in [0.3, 0.4) is 0 Å². The number of ether oxygens (including phenoxy) is 1. The van der Waals surface area contributed by atoms with Gasteiger partial charge in [-0.2, -0.15) is 0 Å². The quantitative estimate of drug-likeness (QED) is 0.127. The molecule has 0 unspecified atom stereocenters. The summed E-state index contributed by atoms with van der Waals surface area (Å²) >= 11 is 0. The number of hydrogen-bond acceptors (Lipinski definition) is 5. The van der Waals surface area contributed by atoms with E-state index in [1.54, 1.807) is 6.92 Å². The van der Waals surface area contributed by atoms with E-state index in [2.05, 4.69) is 0 Å². The van der Waals surface area contributed by atoms with Gasteiger partial charge in [0.15, 0.2) is 0 Å². The molecular weight excluding hydrogens is 392 g/mol. The summed E-state index contributed by atoms with van der Waals surface area (Å²) < 4.78 is 5.16. The average Bonchev–Trinajstić information content (AvgIpc) is 2.79. The van der Waals surface area contributed by atoms with Gasteiger partial charge in [-0.1, -0.05) is 110 Å². The van der Waals surface area contributed by atoms with Gasteiger partial charge in [-0.25, -0.2) is 0 Å². The Labute approximate surface area is 192 Å². The Morgan fingerprint density at radius 1 is 0.581 bits per heavy atom. The van der Waals surface area contributed by atoms with Crippen molar-refractivity contribution in [2.45, 2.75) is 129 Å². The van der Waals surface area contributed by atoms with E-state index in [1.165, 1.54) is 96.3 Å². The summed E-state index contributed by atoms with van der Waals surface area (Å²) in [5.41, 5.74) is -0.739. The van der Waals surface area contributed by atoms with Gasteiger partial charge >= 0.3 is 5.97 Å². The zero-order valence-corrected chi connectivity index (χ0v) is 20.4. The number of esters is 1. The molecule has 0 radical (unpaired) electrons. The largest absolute Gasteiger partial charge is 0.465 e. The van der Waals surface area contributed by atoms with E-state index in [-0.39, 0.29) is 25.8 Å². The van der Waals surface area contributed by atoms with E-state index >= 15 is 0 Å². The zero-order chi connectivity index (χ0) is 23.0. The number of carbonyl (C=O) groups excluding carboxylic acids is 1. The minimum absolute atomic E-state index is 0.0744. The van der Waals surface area contributed by atoms with Crippen molar-refractivity contribution in [1.29, 1.82) is 0 Å². The Morgan fingerprint density at radius 2 is 0.903 bits per heavy atom. The summed E-state index contributed by atoms with van der Waals surface area (Å²) in [5, 5.41) is 27.1. The minimum atomic E-state index is -0.739. The molecule has 0 aromatic heterocycles. The van der Waals surface area contributed by atoms with Crippen molar-refractivity contribution in [2.75, 3.05) is 26.4 Å². The molecule has 0 atom stereocenters. The lowest BCUT2D eigenvalue weighted by molar-refractivity contribution is -0.149. The van der Waals surface area contributed by atoms with Crippen LogP contribution in [0.4, 0.5) is 0 Å². The van der Waals surface area contributed by atoms with Crippen LogP contribution in [0, 0.1) is 5.41 Å². The van der Waals surface area contributed by atoms with Crippen molar-refractivity contribution in [3.63, 3.8) is 0 Å². The molecule has 0 aromatic carbocycles. The van der Waals surface area contributed by atoms with Gasteiger partial charge in [0.05, 0.1) is 13.2 Å². The van der Waals surface area contributed by atoms with Crippen LogP contribution in [-0.2, 0) is 9.53 Å². The predicted octanol–water partition coefficient (Wildman–Crippen LogP) is 5.92. The first-order chi connectivity index (χ1) is 15.1. The van der Waals surface area contributed by atoms with Crippen molar-refractivity contribution in [3.05, 3.63) is 0 Å². The topological polar surface area (TPSA) is 87.0 Å². The SMILES string of the molecule is CC(CO)(CO)COC(=O)CCCCCCCCCCCCCCCCCCCCO. The highest BCUT2D eigenvalue weighted by Gasteiger charge is 2.24. The van der Waals surface area contributed by atoms with E-state index in [9.17, 15) is 15.0 Å². The predicted molar refractivity (Wildman–Crippen MR) is 128 cm³/mol. The van der Waals surface area contributed by atoms with Crippen LogP contribution in [0.5, 0.6) is 0 Å². The Hall–Kier alpha value is -0.650. The molecule has 0 fully saturated rings. The number of unbranched alkanes of at least 4 members (excludes halogenated alkanes) is 17. The Morgan fingerprint density at radius 3 is 1.23 bits per heavy atom. The summed E-state index contributed by atoms with van der Waals surface area (Å²) in [6, 6.07) is 0. The Balaban J connectivity index is 3.22. The first-order valence-electron chi connectivity index (χ1n) is 13.1. The standard InChI is InChI=1S/C26H52O5/c1-26(22-28,23-29)24-31-25(30)20-18-16-14-12-10-8-6-4-2-3-5-7-9-11-13-15-17-19-21-27/h27-29H,2-24H2,1H3. The maximum absolute atomic E-state index is 11.7. The van der Waals surface area contributed by atoms with Gasteiger partial charge in [-0.05, 0) is 12.8 Å². The fraction of sp³-hybridized carbons (Fsp3) is 0.962. The van der Waals surface area contributed by atoms with Crippen molar-refractivity contribution >= 4 is 5.97 Å². The molecule has 0 amide bonds. The molecule has 3 N–H and O–H groups in total. The van der Waals surface area contributed by atoms with Crippen molar-refractivity contribution < 1.29 is 24.9 Å². The second-order valence-corrected chi connectivity index (χ2v) is 9.63. The summed E-state index contributed by atoms with van der Waals surface area (Å²) in [4.78, 5) is 11.7. The number of aliphatic hydroxyl groups is 3. The molecule has 0 saturated carbocycles. The van der Waals surface area contributed by atoms with Crippen LogP contribution in [0.15, 0.2) is 0 Å². The second kappa shape index (κ2) is 22.5. The first-order valence-corrected chi connectivity index (χ1v) is 13.1. The van der Waals surface area contributed by atoms with Crippen molar-refractivity contribution in [3.8, 4) is 0 Å². The third-order valence-corrected chi connectivity index (χ3v) is 6.13. The van der Waals surface area contributed by atoms with Gasteiger partial charge < -0.3 is 20.1 Å². The molecule has 5 nitrogen and oxygen atoms in total. The van der Waals surface area contributed by atoms with Gasteiger partial charge in [0.25, 0.3) is 0 Å². The third kappa shape index (κ3) is 21.0. The fourth-order valence-corrected chi connectivity index (χ4v) is 3.68. The molecule has 0 aliphatic carbocycles. The monoisotopic (exact) mass is 444 g/mol. The first kappa shape index (κ1) is 30.4. The molecule has 0 aromatic rings. The minimum Gasteiger partial charge on any atom is -0.465 e. The van der Waals surface area contributed by atoms with Gasteiger partial charge in [-0.3, -0.25) is 4.79 Å². The van der Waals surface area contributed by atoms with Crippen molar-refractivity contribution in [1.82, 2.24) is 0 Å². The molecule has 186 valence electrons. The molecule has 0 heterocycles. The molecule has 0 saturated heterocycles. The van der Waals surface area contributed by atoms with E-state index in [1.807, 2.05) is 0 Å². The maximum atomic E-state index is 11.7. The average molecular weight is 445 g/mol. The molecule has 0 rings (SSSR count). The lowest BCUT2D eigenvalue weighted by atomic mass is 9.94. The van der Waals surface area contributed by atoms with Gasteiger partial charge in [0, 0.05) is 18.4 Å². The van der Waals surface area contributed by atoms with Crippen LogP contribution >= 0.6 is 0 Å². The van der Waals surface area contributed by atoms with E-state index in [0.29, 0.717) is 13.0 Å². The van der Waals surface area contributed by atoms with Crippen LogP contribution in [0.2, 0.25) is 0 Å². The highest BCUT2D eigenvalue weighted by atomic mass is 16.5. The summed E-state index contributed by atoms with van der Waals surface area (Å²) in [7, 11) is 0. The highest BCUT2D eigenvalue weighted by Crippen LogP contribution is 2.16. The fourth-order valence-electron chi connectivity index (χ4n) is 3.68.